The van der Waals surface area contributed by atoms with Gasteiger partial charge in [0.2, 0.25) is 10.0 Å². The van der Waals surface area contributed by atoms with Gasteiger partial charge in [-0.3, -0.25) is 9.59 Å². The van der Waals surface area contributed by atoms with Crippen LogP contribution >= 0.6 is 11.3 Å². The van der Waals surface area contributed by atoms with E-state index in [-0.39, 0.29) is 4.90 Å². The number of thiophene rings is 1. The summed E-state index contributed by atoms with van der Waals surface area (Å²) < 4.78 is 27.4. The summed E-state index contributed by atoms with van der Waals surface area (Å²) in [7, 11) is -1.58. The number of rotatable bonds is 5. The molecule has 32 heavy (non-hydrogen) atoms. The first-order valence-electron chi connectivity index (χ1n) is 10.7. The van der Waals surface area contributed by atoms with Gasteiger partial charge in [-0.05, 0) is 62.1 Å². The van der Waals surface area contributed by atoms with Crippen molar-refractivity contribution in [3.63, 3.8) is 0 Å². The van der Waals surface area contributed by atoms with E-state index in [1.165, 1.54) is 39.9 Å². The van der Waals surface area contributed by atoms with Crippen molar-refractivity contribution in [1.82, 2.24) is 9.21 Å². The topological polar surface area (TPSA) is 113 Å². The summed E-state index contributed by atoms with van der Waals surface area (Å²) in [5, 5.41) is 3.25. The largest absolute Gasteiger partial charge is 0.365 e. The molecular weight excluding hydrogens is 448 g/mol. The minimum absolute atomic E-state index is 0.176. The fourth-order valence-corrected chi connectivity index (χ4v) is 7.27. The molecule has 0 unspecified atom stereocenters. The number of nitrogens with two attached hydrogens (primary N) is 1. The third kappa shape index (κ3) is 4.45. The first kappa shape index (κ1) is 22.9. The number of carbonyl (C=O) groups is 2. The molecule has 0 radical (unpaired) electrons. The summed E-state index contributed by atoms with van der Waals surface area (Å²) >= 11 is 1.37. The first-order valence-corrected chi connectivity index (χ1v) is 13.0. The van der Waals surface area contributed by atoms with E-state index in [1.54, 1.807) is 0 Å². The second kappa shape index (κ2) is 8.93. The van der Waals surface area contributed by atoms with Crippen molar-refractivity contribution < 1.29 is 18.0 Å². The number of nitrogens with one attached hydrogen (secondary N) is 1. The number of fused-ring (bicyclic) bond motifs is 1. The fraction of sp³-hybridized carbons (Fsp3) is 0.455. The van der Waals surface area contributed by atoms with Gasteiger partial charge in [-0.1, -0.05) is 6.92 Å². The molecule has 3 N–H and O–H groups in total. The number of hydrogen-bond acceptors (Lipinski definition) is 6. The normalized spacial score (nSPS) is 20.0. The molecule has 2 aromatic rings. The zero-order valence-electron chi connectivity index (χ0n) is 18.3. The average Bonchev–Trinajstić information content (AvgIpc) is 3.10. The van der Waals surface area contributed by atoms with Crippen molar-refractivity contribution in [2.24, 2.45) is 11.7 Å². The zero-order valence-corrected chi connectivity index (χ0v) is 19.9. The van der Waals surface area contributed by atoms with Crippen LogP contribution in [0.1, 0.15) is 50.9 Å². The van der Waals surface area contributed by atoms with Gasteiger partial charge in [0.15, 0.2) is 0 Å². The number of nitrogens with zero attached hydrogens (tertiary/aromatic N) is 2. The van der Waals surface area contributed by atoms with Crippen LogP contribution in [-0.4, -0.2) is 56.1 Å². The minimum Gasteiger partial charge on any atom is -0.365 e. The summed E-state index contributed by atoms with van der Waals surface area (Å²) in [5.74, 6) is -0.631. The van der Waals surface area contributed by atoms with Gasteiger partial charge in [0.05, 0.1) is 10.5 Å². The van der Waals surface area contributed by atoms with Gasteiger partial charge in [0.1, 0.15) is 5.00 Å². The van der Waals surface area contributed by atoms with E-state index in [1.807, 2.05) is 7.05 Å². The first-order chi connectivity index (χ1) is 15.2. The Morgan fingerprint density at radius 1 is 1.19 bits per heavy atom. The lowest BCUT2D eigenvalue weighted by Gasteiger charge is -2.30. The molecule has 1 saturated heterocycles. The Bertz CT molecular complexity index is 1140. The Labute approximate surface area is 192 Å². The molecule has 0 saturated carbocycles. The van der Waals surface area contributed by atoms with E-state index in [2.05, 4.69) is 17.1 Å². The summed E-state index contributed by atoms with van der Waals surface area (Å²) in [6.07, 6.45) is 2.59. The summed E-state index contributed by atoms with van der Waals surface area (Å²) in [5.41, 5.74) is 7.22. The Balaban J connectivity index is 1.53. The quantitative estimate of drug-likeness (QED) is 0.689. The zero-order chi connectivity index (χ0) is 23.0. The number of sulfonamides is 1. The molecule has 2 aliphatic heterocycles. The molecule has 2 aliphatic rings. The smallest absolute Gasteiger partial charge is 0.256 e. The van der Waals surface area contributed by atoms with Crippen LogP contribution in [0.3, 0.4) is 0 Å². The van der Waals surface area contributed by atoms with Crippen molar-refractivity contribution in [2.75, 3.05) is 32.0 Å². The highest BCUT2D eigenvalue weighted by Gasteiger charge is 2.29. The molecule has 1 aromatic heterocycles. The molecule has 0 spiro atoms. The molecule has 1 fully saturated rings. The SMILES string of the molecule is C[C@H]1CCCN(S(=O)(=O)c2ccc(C(=O)Nc3sc4c(c3C(N)=O)CCN(C)C4)cc2)C1. The molecule has 2 amide bonds. The lowest BCUT2D eigenvalue weighted by atomic mass is 10.0. The lowest BCUT2D eigenvalue weighted by Crippen LogP contribution is -2.39. The van der Waals surface area contributed by atoms with Crippen LogP contribution in [0, 0.1) is 5.92 Å². The van der Waals surface area contributed by atoms with E-state index in [0.717, 1.165) is 29.8 Å². The summed E-state index contributed by atoms with van der Waals surface area (Å²) in [6.45, 7) is 4.61. The number of benzene rings is 1. The Morgan fingerprint density at radius 3 is 2.56 bits per heavy atom. The van der Waals surface area contributed by atoms with Gasteiger partial charge in [0, 0.05) is 36.6 Å². The van der Waals surface area contributed by atoms with Crippen LogP contribution in [0.4, 0.5) is 5.00 Å². The molecule has 1 atom stereocenters. The number of hydrogen-bond donors (Lipinski definition) is 2. The van der Waals surface area contributed by atoms with Crippen LogP contribution in [-0.2, 0) is 23.0 Å². The molecule has 8 nitrogen and oxygen atoms in total. The van der Waals surface area contributed by atoms with E-state index in [0.29, 0.717) is 48.1 Å². The molecule has 10 heteroatoms. The summed E-state index contributed by atoms with van der Waals surface area (Å²) in [6, 6.07) is 5.93. The number of anilines is 1. The van der Waals surface area contributed by atoms with Crippen LogP contribution < -0.4 is 11.1 Å². The Morgan fingerprint density at radius 2 is 1.91 bits per heavy atom. The average molecular weight is 477 g/mol. The number of piperidine rings is 1. The minimum atomic E-state index is -3.58. The molecule has 0 aliphatic carbocycles. The van der Waals surface area contributed by atoms with Crippen molar-refractivity contribution >= 4 is 38.2 Å². The highest BCUT2D eigenvalue weighted by atomic mass is 32.2. The Kier molecular flexibility index (Phi) is 6.39. The molecular formula is C22H28N4O4S2. The molecule has 1 aromatic carbocycles. The number of likely N-dealkylation sites (N-methyl/N-ethyl adjacent to an activating group) is 1. The van der Waals surface area contributed by atoms with Gasteiger partial charge in [-0.2, -0.15) is 4.31 Å². The van der Waals surface area contributed by atoms with Crippen LogP contribution in [0.2, 0.25) is 0 Å². The van der Waals surface area contributed by atoms with E-state index < -0.39 is 21.8 Å². The molecule has 172 valence electrons. The van der Waals surface area contributed by atoms with E-state index in [4.69, 9.17) is 5.73 Å². The highest BCUT2D eigenvalue weighted by Crippen LogP contribution is 2.37. The van der Waals surface area contributed by atoms with Crippen molar-refractivity contribution in [3.05, 3.63) is 45.8 Å². The van der Waals surface area contributed by atoms with Gasteiger partial charge >= 0.3 is 0 Å². The number of amides is 2. The molecule has 3 heterocycles. The van der Waals surface area contributed by atoms with E-state index in [9.17, 15) is 18.0 Å². The fourth-order valence-electron chi connectivity index (χ4n) is 4.35. The maximum Gasteiger partial charge on any atom is 0.256 e. The summed E-state index contributed by atoms with van der Waals surface area (Å²) in [4.78, 5) is 28.3. The number of primary amides is 1. The second-order valence-corrected chi connectivity index (χ2v) is 11.7. The molecule has 4 rings (SSSR count). The second-order valence-electron chi connectivity index (χ2n) is 8.65. The van der Waals surface area contributed by atoms with E-state index >= 15 is 0 Å². The van der Waals surface area contributed by atoms with Crippen LogP contribution in [0.15, 0.2) is 29.2 Å². The van der Waals surface area contributed by atoms with Gasteiger partial charge in [-0.15, -0.1) is 11.3 Å². The van der Waals surface area contributed by atoms with Crippen LogP contribution in [0.25, 0.3) is 0 Å². The Hall–Kier alpha value is -2.27. The van der Waals surface area contributed by atoms with Gasteiger partial charge in [0.25, 0.3) is 11.8 Å². The molecule has 0 bridgehead atoms. The van der Waals surface area contributed by atoms with Crippen LogP contribution in [0.5, 0.6) is 0 Å². The maximum atomic E-state index is 12.9. The third-order valence-corrected chi connectivity index (χ3v) is 9.11. The maximum absolute atomic E-state index is 12.9. The van der Waals surface area contributed by atoms with Crippen molar-refractivity contribution in [1.29, 1.82) is 0 Å². The third-order valence-electron chi connectivity index (χ3n) is 6.10. The van der Waals surface area contributed by atoms with Gasteiger partial charge in [-0.25, -0.2) is 8.42 Å². The lowest BCUT2D eigenvalue weighted by molar-refractivity contribution is 0.1000. The predicted molar refractivity (Wildman–Crippen MR) is 124 cm³/mol. The standard InChI is InChI=1S/C22H28N4O4S2/c1-14-4-3-10-26(12-14)32(29,30)16-7-5-15(6-8-16)21(28)24-22-19(20(23)27)17-9-11-25(2)13-18(17)31-22/h5-8,14H,3-4,9-13H2,1-2H3,(H2,23,27)(H,24,28)/t14-/m0/s1. The predicted octanol–water partition coefficient (Wildman–Crippen LogP) is 2.51. The van der Waals surface area contributed by atoms with Crippen molar-refractivity contribution in [3.8, 4) is 0 Å². The van der Waals surface area contributed by atoms with Gasteiger partial charge < -0.3 is 16.0 Å². The highest BCUT2D eigenvalue weighted by molar-refractivity contribution is 7.89. The van der Waals surface area contributed by atoms with Crippen molar-refractivity contribution in [2.45, 2.75) is 37.6 Å². The number of carbonyl (C=O) groups excluding carboxylic acids is 2. The monoisotopic (exact) mass is 476 g/mol.